The van der Waals surface area contributed by atoms with Crippen LogP contribution < -0.4 is 9.80 Å². The summed E-state index contributed by atoms with van der Waals surface area (Å²) in [6.07, 6.45) is 4.42. The van der Waals surface area contributed by atoms with Gasteiger partial charge in [-0.1, -0.05) is 46.4 Å². The van der Waals surface area contributed by atoms with Crippen LogP contribution in [0.5, 0.6) is 0 Å². The number of anilines is 2. The lowest BCUT2D eigenvalue weighted by molar-refractivity contribution is 0.0137. The number of ether oxygens (including phenoxy) is 3. The number of carbonyl (C=O) groups is 2. The number of β-amino-alcohol motifs (C(OH)–C–C–N with tert-alkyl or cyclic N) is 1. The molecule has 1 N–H and O–H groups in total. The summed E-state index contributed by atoms with van der Waals surface area (Å²) in [7, 11) is 0.622. The zero-order valence-electron chi connectivity index (χ0n) is 29.9. The number of nitrogens with zero attached hydrogens (tertiary/aromatic N) is 6. The average molecular weight is 774 g/mol. The van der Waals surface area contributed by atoms with Crippen molar-refractivity contribution in [1.29, 1.82) is 0 Å². The topological polar surface area (TPSA) is 121 Å². The van der Waals surface area contributed by atoms with Crippen molar-refractivity contribution >= 4 is 70.0 Å². The van der Waals surface area contributed by atoms with E-state index in [9.17, 15) is 19.1 Å². The highest BCUT2D eigenvalue weighted by Gasteiger charge is 2.31. The van der Waals surface area contributed by atoms with E-state index in [1.807, 2.05) is 51.3 Å². The van der Waals surface area contributed by atoms with Gasteiger partial charge >= 0.3 is 12.2 Å². The number of aromatic nitrogens is 2. The van der Waals surface area contributed by atoms with Crippen LogP contribution in [0.1, 0.15) is 42.9 Å². The molecule has 17 heteroatoms. The number of carbonyl (C=O) groups excluding carboxylic acids is 2. The van der Waals surface area contributed by atoms with Gasteiger partial charge in [-0.3, -0.25) is 14.4 Å². The quantitative estimate of drug-likeness (QED) is 0.355. The Bertz CT molecular complexity index is 1370. The Kier molecular flexibility index (Phi) is 16.0. The van der Waals surface area contributed by atoms with E-state index in [0.29, 0.717) is 77.3 Å². The summed E-state index contributed by atoms with van der Waals surface area (Å²) in [5.41, 5.74) is 0.213. The van der Waals surface area contributed by atoms with Crippen molar-refractivity contribution in [2.75, 3.05) is 76.4 Å². The van der Waals surface area contributed by atoms with Gasteiger partial charge in [0.2, 0.25) is 0 Å². The zero-order chi connectivity index (χ0) is 37.8. The van der Waals surface area contributed by atoms with Crippen molar-refractivity contribution in [3.8, 4) is 0 Å². The second-order valence-electron chi connectivity index (χ2n) is 13.2. The molecular formula is C32H47Cl4FN6O6. The van der Waals surface area contributed by atoms with E-state index in [1.165, 1.54) is 17.3 Å². The summed E-state index contributed by atoms with van der Waals surface area (Å²) in [6.45, 7) is 14.5. The van der Waals surface area contributed by atoms with Gasteiger partial charge in [0.15, 0.2) is 0 Å². The molecule has 2 amide bonds. The van der Waals surface area contributed by atoms with Gasteiger partial charge in [-0.05, 0) is 41.5 Å². The number of methoxy groups -OCH3 is 1. The molecule has 12 nitrogen and oxygen atoms in total. The maximum Gasteiger partial charge on any atom is 0.410 e. The third kappa shape index (κ3) is 13.6. The van der Waals surface area contributed by atoms with Crippen molar-refractivity contribution in [3.05, 3.63) is 44.9 Å². The Morgan fingerprint density at radius 1 is 0.755 bits per heavy atom. The lowest BCUT2D eigenvalue weighted by atomic mass is 10.2. The number of halogens is 5. The molecule has 0 aliphatic carbocycles. The van der Waals surface area contributed by atoms with Gasteiger partial charge in [0, 0.05) is 71.2 Å². The second-order valence-corrected chi connectivity index (χ2v) is 14.8. The van der Waals surface area contributed by atoms with E-state index in [4.69, 9.17) is 62.0 Å². The lowest BCUT2D eigenvalue weighted by Crippen LogP contribution is -2.41. The molecule has 0 spiro atoms. The average Bonchev–Trinajstić information content (AvgIpc) is 3.32. The standard InChI is InChI=1S/C16H23Cl2N3O3.C15H21Cl2N3O3.CH3F/c1-16(2,3)24-15(22)21-6-5-20(9-11(10-21)23-4)14-12(17)7-19-8-13(14)18;1-15(2,3)23-14(22)20-5-4-19(8-10(21)9-20)13-11(16)6-18-7-12(13)17;1-2/h7-8,11H,5-6,9-10H2,1-4H3;6-7,10,21H,4-5,8-9H2,1-3H3;1H3/i;;1D. The Hall–Kier alpha value is -2.55. The van der Waals surface area contributed by atoms with Gasteiger partial charge in [0.1, 0.15) is 11.2 Å². The monoisotopic (exact) mass is 771 g/mol. The molecule has 276 valence electrons. The predicted molar refractivity (Wildman–Crippen MR) is 192 cm³/mol. The Balaban J connectivity index is 0.000000322. The molecule has 0 bridgehead atoms. The van der Waals surface area contributed by atoms with Crippen LogP contribution in [0.25, 0.3) is 0 Å². The van der Waals surface area contributed by atoms with Gasteiger partial charge in [-0.2, -0.15) is 0 Å². The summed E-state index contributed by atoms with van der Waals surface area (Å²) in [6, 6.07) is 0. The molecule has 2 aliphatic heterocycles. The number of aliphatic hydroxyl groups excluding tert-OH is 1. The largest absolute Gasteiger partial charge is 0.444 e. The first-order valence-corrected chi connectivity index (χ1v) is 16.9. The fraction of sp³-hybridized carbons (Fsp3) is 0.625. The molecule has 2 aromatic heterocycles. The van der Waals surface area contributed by atoms with Gasteiger partial charge < -0.3 is 38.9 Å². The van der Waals surface area contributed by atoms with Gasteiger partial charge in [0.25, 0.3) is 0 Å². The summed E-state index contributed by atoms with van der Waals surface area (Å²) in [5.74, 6) is 0. The number of rotatable bonds is 3. The highest BCUT2D eigenvalue weighted by molar-refractivity contribution is 6.39. The molecule has 2 aliphatic rings. The minimum absolute atomic E-state index is 0.180. The lowest BCUT2D eigenvalue weighted by Gasteiger charge is -2.27. The Morgan fingerprint density at radius 2 is 1.12 bits per heavy atom. The summed E-state index contributed by atoms with van der Waals surface area (Å²) in [4.78, 5) is 39.5. The summed E-state index contributed by atoms with van der Waals surface area (Å²) < 4.78 is 31.8. The highest BCUT2D eigenvalue weighted by Crippen LogP contribution is 2.34. The van der Waals surface area contributed by atoms with Gasteiger partial charge in [-0.25, -0.2) is 9.59 Å². The molecule has 0 radical (unpaired) electrons. The number of hydrogen-bond donors (Lipinski definition) is 1. The fourth-order valence-corrected chi connectivity index (χ4v) is 6.12. The first-order valence-electron chi connectivity index (χ1n) is 16.1. The molecule has 2 aromatic rings. The predicted octanol–water partition coefficient (Wildman–Crippen LogP) is 6.85. The molecule has 49 heavy (non-hydrogen) atoms. The third-order valence-corrected chi connectivity index (χ3v) is 8.02. The number of amides is 2. The van der Waals surface area contributed by atoms with Crippen molar-refractivity contribution in [3.63, 3.8) is 0 Å². The molecule has 2 atom stereocenters. The SMILES string of the molecule is CC(C)(C)OC(=O)N1CCN(c2c(Cl)cncc2Cl)CC(O)C1.COC1CN(C(=O)OC(C)(C)C)CCN(c2c(Cl)cncc2Cl)C1.[2H]CF. The molecule has 4 heterocycles. The highest BCUT2D eigenvalue weighted by atomic mass is 35.5. The Labute approximate surface area is 309 Å². The molecule has 2 saturated heterocycles. The number of hydrogen-bond acceptors (Lipinski definition) is 10. The van der Waals surface area contributed by atoms with Crippen molar-refractivity contribution in [1.82, 2.24) is 19.8 Å². The van der Waals surface area contributed by atoms with Crippen LogP contribution in [0.2, 0.25) is 20.1 Å². The van der Waals surface area contributed by atoms with Crippen LogP contribution >= 0.6 is 46.4 Å². The fourth-order valence-electron chi connectivity index (χ4n) is 4.92. The molecule has 2 unspecified atom stereocenters. The van der Waals surface area contributed by atoms with E-state index >= 15 is 0 Å². The third-order valence-electron chi connectivity index (χ3n) is 6.92. The van der Waals surface area contributed by atoms with Crippen LogP contribution in [0.3, 0.4) is 0 Å². The molecule has 0 saturated carbocycles. The van der Waals surface area contributed by atoms with Gasteiger partial charge in [-0.15, -0.1) is 0 Å². The van der Waals surface area contributed by atoms with E-state index in [-0.39, 0.29) is 18.7 Å². The Morgan fingerprint density at radius 3 is 1.49 bits per heavy atom. The van der Waals surface area contributed by atoms with Crippen molar-refractivity contribution in [2.24, 2.45) is 0 Å². The maximum absolute atomic E-state index is 12.4. The maximum atomic E-state index is 12.4. The summed E-state index contributed by atoms with van der Waals surface area (Å²) in [5, 5.41) is 12.0. The molecule has 0 aromatic carbocycles. The van der Waals surface area contributed by atoms with Crippen molar-refractivity contribution < 1.29 is 34.7 Å². The normalized spacial score (nSPS) is 18.9. The molecule has 2 fully saturated rings. The van der Waals surface area contributed by atoms with Crippen LogP contribution in [-0.4, -0.2) is 127 Å². The van der Waals surface area contributed by atoms with Crippen LogP contribution in [0.15, 0.2) is 24.8 Å². The second kappa shape index (κ2) is 19.2. The number of alkyl halides is 1. The number of aliphatic hydroxyl groups is 1. The van der Waals surface area contributed by atoms with Crippen LogP contribution in [-0.2, 0) is 14.2 Å². The van der Waals surface area contributed by atoms with E-state index in [2.05, 4.69) is 9.97 Å². The molecule has 4 rings (SSSR count). The van der Waals surface area contributed by atoms with Crippen LogP contribution in [0, 0.1) is 0 Å². The zero-order valence-corrected chi connectivity index (χ0v) is 31.9. The minimum atomic E-state index is -1.00. The first-order chi connectivity index (χ1) is 23.3. The van der Waals surface area contributed by atoms with Crippen molar-refractivity contribution in [2.45, 2.75) is 65.0 Å². The van der Waals surface area contributed by atoms with E-state index in [0.717, 1.165) is 0 Å². The van der Waals surface area contributed by atoms with Crippen LogP contribution in [0.4, 0.5) is 25.4 Å². The minimum Gasteiger partial charge on any atom is -0.444 e. The number of pyridine rings is 2. The van der Waals surface area contributed by atoms with E-state index < -0.39 is 30.6 Å². The smallest absolute Gasteiger partial charge is 0.410 e. The first kappa shape index (κ1) is 40.9. The van der Waals surface area contributed by atoms with E-state index in [1.54, 1.807) is 24.4 Å². The van der Waals surface area contributed by atoms with Gasteiger partial charge in [0.05, 0.1) is 65.3 Å². The molecular weight excluding hydrogens is 725 g/mol. The summed E-state index contributed by atoms with van der Waals surface area (Å²) >= 11 is 24.9.